The minimum atomic E-state index is 0.0995. The fraction of sp³-hybridized carbons (Fsp3) is 0.385. The lowest BCUT2D eigenvalue weighted by Gasteiger charge is -2.21. The molecule has 2 aromatic rings. The van der Waals surface area contributed by atoms with Gasteiger partial charge in [0, 0.05) is 18.0 Å². The Labute approximate surface area is 110 Å². The third-order valence-electron chi connectivity index (χ3n) is 3.41. The van der Waals surface area contributed by atoms with E-state index in [1.54, 1.807) is 0 Å². The minimum absolute atomic E-state index is 0.0995. The highest BCUT2D eigenvalue weighted by Gasteiger charge is 2.25. The summed E-state index contributed by atoms with van der Waals surface area (Å²) in [5, 5.41) is 18.5. The first kappa shape index (κ1) is 11.7. The topological polar surface area (TPSA) is 50.9 Å². The van der Waals surface area contributed by atoms with E-state index in [0.717, 1.165) is 36.6 Å². The van der Waals surface area contributed by atoms with Gasteiger partial charge in [-0.3, -0.25) is 0 Å². The Balaban J connectivity index is 2.10. The zero-order chi connectivity index (χ0) is 12.5. The largest absolute Gasteiger partial charge is 0.396 e. The summed E-state index contributed by atoms with van der Waals surface area (Å²) in [7, 11) is 0. The maximum absolute atomic E-state index is 9.37. The van der Waals surface area contributed by atoms with Gasteiger partial charge in [0.2, 0.25) is 0 Å². The van der Waals surface area contributed by atoms with Crippen LogP contribution in [0.4, 0.5) is 0 Å². The number of fused-ring (bicyclic) bond motifs is 1. The molecule has 94 valence electrons. The molecule has 3 rings (SSSR count). The summed E-state index contributed by atoms with van der Waals surface area (Å²) in [6, 6.07) is 7.64. The molecule has 1 aromatic heterocycles. The average molecular weight is 264 g/mol. The summed E-state index contributed by atoms with van der Waals surface area (Å²) in [6.07, 6.45) is 2.00. The average Bonchev–Trinajstić information content (AvgIpc) is 2.83. The Hall–Kier alpha value is -1.39. The molecule has 0 aliphatic carbocycles. The van der Waals surface area contributed by atoms with Gasteiger partial charge in [-0.1, -0.05) is 23.7 Å². The molecule has 1 atom stereocenters. The van der Waals surface area contributed by atoms with Crippen LogP contribution in [0.25, 0.3) is 11.4 Å². The number of nitrogens with zero attached hydrogens (tertiary/aromatic N) is 3. The van der Waals surface area contributed by atoms with E-state index in [2.05, 4.69) is 14.8 Å². The molecule has 0 saturated carbocycles. The van der Waals surface area contributed by atoms with Crippen molar-refractivity contribution in [2.45, 2.75) is 25.3 Å². The van der Waals surface area contributed by atoms with Gasteiger partial charge in [-0.2, -0.15) is 0 Å². The van der Waals surface area contributed by atoms with Crippen molar-refractivity contribution in [3.05, 3.63) is 35.1 Å². The lowest BCUT2D eigenvalue weighted by molar-refractivity contribution is 0.238. The van der Waals surface area contributed by atoms with Crippen molar-refractivity contribution in [2.24, 2.45) is 0 Å². The number of benzene rings is 1. The number of aromatic nitrogens is 3. The van der Waals surface area contributed by atoms with Gasteiger partial charge in [-0.15, -0.1) is 10.2 Å². The summed E-state index contributed by atoms with van der Waals surface area (Å²) < 4.78 is 2.08. The van der Waals surface area contributed by atoms with Crippen LogP contribution in [0.3, 0.4) is 0 Å². The van der Waals surface area contributed by atoms with Crippen molar-refractivity contribution < 1.29 is 5.11 Å². The van der Waals surface area contributed by atoms with Gasteiger partial charge in [-0.05, 0) is 25.0 Å². The van der Waals surface area contributed by atoms with Crippen molar-refractivity contribution in [1.29, 1.82) is 0 Å². The fourth-order valence-corrected chi connectivity index (χ4v) is 2.70. The molecular weight excluding hydrogens is 250 g/mol. The van der Waals surface area contributed by atoms with Crippen molar-refractivity contribution in [1.82, 2.24) is 14.8 Å². The number of halogens is 1. The van der Waals surface area contributed by atoms with Crippen LogP contribution in [0.15, 0.2) is 24.3 Å². The van der Waals surface area contributed by atoms with Crippen molar-refractivity contribution in [3.8, 4) is 11.4 Å². The summed E-state index contributed by atoms with van der Waals surface area (Å²) in [4.78, 5) is 0. The molecule has 5 heteroatoms. The van der Waals surface area contributed by atoms with Crippen LogP contribution in [0.1, 0.15) is 24.6 Å². The maximum atomic E-state index is 9.37. The second-order valence-electron chi connectivity index (χ2n) is 4.54. The number of aliphatic hydroxyl groups excluding tert-OH is 1. The quantitative estimate of drug-likeness (QED) is 0.906. The first-order valence-electron chi connectivity index (χ1n) is 6.10. The van der Waals surface area contributed by atoms with E-state index in [9.17, 15) is 5.11 Å². The molecule has 0 bridgehead atoms. The second-order valence-corrected chi connectivity index (χ2v) is 4.94. The molecule has 1 N–H and O–H groups in total. The monoisotopic (exact) mass is 263 g/mol. The van der Waals surface area contributed by atoms with E-state index in [1.807, 2.05) is 24.3 Å². The van der Waals surface area contributed by atoms with Gasteiger partial charge >= 0.3 is 0 Å². The predicted octanol–water partition coefficient (Wildman–Crippen LogP) is 2.47. The lowest BCUT2D eigenvalue weighted by atomic mass is 10.00. The van der Waals surface area contributed by atoms with E-state index in [1.165, 1.54) is 0 Å². The fourth-order valence-electron chi connectivity index (χ4n) is 2.48. The number of hydrogen-bond acceptors (Lipinski definition) is 3. The highest BCUT2D eigenvalue weighted by molar-refractivity contribution is 6.33. The molecule has 0 fully saturated rings. The van der Waals surface area contributed by atoms with Gasteiger partial charge in [0.15, 0.2) is 5.82 Å². The zero-order valence-corrected chi connectivity index (χ0v) is 10.6. The molecule has 1 aliphatic rings. The lowest BCUT2D eigenvalue weighted by Crippen LogP contribution is -2.19. The summed E-state index contributed by atoms with van der Waals surface area (Å²) in [6.45, 7) is 1.01. The number of aliphatic hydroxyl groups is 1. The highest BCUT2D eigenvalue weighted by Crippen LogP contribution is 2.32. The van der Waals surface area contributed by atoms with Crippen LogP contribution in [0, 0.1) is 0 Å². The van der Waals surface area contributed by atoms with Gasteiger partial charge in [0.1, 0.15) is 5.82 Å². The van der Waals surface area contributed by atoms with Crippen molar-refractivity contribution in [2.75, 3.05) is 6.61 Å². The Morgan fingerprint density at radius 1 is 1.33 bits per heavy atom. The molecular formula is C13H14ClN3O. The van der Waals surface area contributed by atoms with Crippen LogP contribution in [-0.2, 0) is 6.54 Å². The van der Waals surface area contributed by atoms with Gasteiger partial charge in [0.05, 0.1) is 11.6 Å². The van der Waals surface area contributed by atoms with Crippen molar-refractivity contribution in [3.63, 3.8) is 0 Å². The molecule has 0 spiro atoms. The standard InChI is InChI=1S/C13H14ClN3O/c14-11-6-2-1-5-10(11)13-16-15-12-9(8-18)4-3-7-17(12)13/h1-2,5-6,9,18H,3-4,7-8H2. The molecule has 1 unspecified atom stereocenters. The van der Waals surface area contributed by atoms with Crippen LogP contribution in [0.5, 0.6) is 0 Å². The molecule has 18 heavy (non-hydrogen) atoms. The molecule has 4 nitrogen and oxygen atoms in total. The van der Waals surface area contributed by atoms with Crippen LogP contribution < -0.4 is 0 Å². The molecule has 0 saturated heterocycles. The first-order valence-corrected chi connectivity index (χ1v) is 6.48. The van der Waals surface area contributed by atoms with Crippen LogP contribution in [-0.4, -0.2) is 26.5 Å². The van der Waals surface area contributed by atoms with E-state index >= 15 is 0 Å². The maximum Gasteiger partial charge on any atom is 0.165 e. The normalized spacial score (nSPS) is 18.7. The third kappa shape index (κ3) is 1.82. The molecule has 0 radical (unpaired) electrons. The van der Waals surface area contributed by atoms with Crippen LogP contribution >= 0.6 is 11.6 Å². The van der Waals surface area contributed by atoms with Gasteiger partial charge in [0.25, 0.3) is 0 Å². The SMILES string of the molecule is OCC1CCCn2c(-c3ccccc3Cl)nnc21. The summed E-state index contributed by atoms with van der Waals surface area (Å²) in [5.41, 5.74) is 0.900. The molecule has 1 aliphatic heterocycles. The predicted molar refractivity (Wildman–Crippen MR) is 69.5 cm³/mol. The van der Waals surface area contributed by atoms with E-state index in [0.29, 0.717) is 5.02 Å². The second kappa shape index (κ2) is 4.71. The Bertz CT molecular complexity index is 567. The van der Waals surface area contributed by atoms with Crippen LogP contribution in [0.2, 0.25) is 5.02 Å². The summed E-state index contributed by atoms with van der Waals surface area (Å²) >= 11 is 6.20. The third-order valence-corrected chi connectivity index (χ3v) is 3.74. The van der Waals surface area contributed by atoms with E-state index in [4.69, 9.17) is 11.6 Å². The zero-order valence-electron chi connectivity index (χ0n) is 9.88. The Morgan fingerprint density at radius 3 is 2.94 bits per heavy atom. The molecule has 0 amide bonds. The van der Waals surface area contributed by atoms with Crippen molar-refractivity contribution >= 4 is 11.6 Å². The Kier molecular flexibility index (Phi) is 3.06. The molecule has 2 heterocycles. The summed E-state index contributed by atoms with van der Waals surface area (Å²) in [5.74, 6) is 1.77. The smallest absolute Gasteiger partial charge is 0.165 e. The minimum Gasteiger partial charge on any atom is -0.396 e. The highest BCUT2D eigenvalue weighted by atomic mass is 35.5. The van der Waals surface area contributed by atoms with Gasteiger partial charge < -0.3 is 9.67 Å². The van der Waals surface area contributed by atoms with E-state index < -0.39 is 0 Å². The number of rotatable bonds is 2. The van der Waals surface area contributed by atoms with Gasteiger partial charge in [-0.25, -0.2) is 0 Å². The first-order chi connectivity index (χ1) is 8.81. The van der Waals surface area contributed by atoms with E-state index in [-0.39, 0.29) is 12.5 Å². The molecule has 1 aromatic carbocycles. The Morgan fingerprint density at radius 2 is 2.17 bits per heavy atom. The number of hydrogen-bond donors (Lipinski definition) is 1.